The van der Waals surface area contributed by atoms with Gasteiger partial charge in [-0.25, -0.2) is 8.42 Å². The molecular formula is C13H17ClF3NO5S2. The Kier molecular flexibility index (Phi) is 9.80. The number of carbonyl (C=O) groups excluding carboxylic acids is 1. The number of hydrogen-bond donors (Lipinski definition) is 1. The summed E-state index contributed by atoms with van der Waals surface area (Å²) in [6.07, 6.45) is -0.661. The number of benzene rings is 1. The van der Waals surface area contributed by atoms with Crippen LogP contribution in [-0.4, -0.2) is 44.4 Å². The third kappa shape index (κ3) is 9.90. The molecule has 0 radical (unpaired) electrons. The van der Waals surface area contributed by atoms with E-state index < -0.39 is 28.0 Å². The van der Waals surface area contributed by atoms with Crippen LogP contribution in [0.4, 0.5) is 18.9 Å². The van der Waals surface area contributed by atoms with E-state index in [4.69, 9.17) is 11.6 Å². The first kappa shape index (κ1) is 24.0. The molecular weight excluding hydrogens is 407 g/mol. The van der Waals surface area contributed by atoms with Crippen LogP contribution >= 0.6 is 11.6 Å². The molecule has 0 atom stereocenters. The maximum Gasteiger partial charge on any atom is 0.418 e. The van der Waals surface area contributed by atoms with Crippen molar-refractivity contribution in [3.05, 3.63) is 29.3 Å². The van der Waals surface area contributed by atoms with Crippen molar-refractivity contribution in [3.63, 3.8) is 0 Å². The van der Waals surface area contributed by atoms with Crippen LogP contribution < -0.4 is 5.32 Å². The number of halogens is 4. The summed E-state index contributed by atoms with van der Waals surface area (Å²) >= 11 is 5.34. The van der Waals surface area contributed by atoms with E-state index in [-0.39, 0.29) is 22.5 Å². The van der Waals surface area contributed by atoms with E-state index >= 15 is 0 Å². The second-order valence-electron chi connectivity index (χ2n) is 4.72. The molecule has 1 aromatic carbocycles. The standard InChI is InChI=1S/C12H13ClF3NOS.CH4O4S/c1-19(2)7-8-4-3-5-9(12(14,15)16)11(8)17-10(18)6-13;1-5-6(2,3)4/h3-5H,6-7H2,1-2H3;1H3,(H,2,3,4). The molecule has 1 rings (SSSR count). The molecule has 6 nitrogen and oxygen atoms in total. The Bertz CT molecular complexity index is 681. The highest BCUT2D eigenvalue weighted by Crippen LogP contribution is 2.37. The van der Waals surface area contributed by atoms with Crippen molar-refractivity contribution in [2.75, 3.05) is 30.8 Å². The Morgan fingerprint density at radius 3 is 2.24 bits per heavy atom. The Balaban J connectivity index is 0.000000823. The summed E-state index contributed by atoms with van der Waals surface area (Å²) in [5.41, 5.74) is -0.544. The molecule has 0 bridgehead atoms. The van der Waals surface area contributed by atoms with E-state index in [1.165, 1.54) is 6.07 Å². The van der Waals surface area contributed by atoms with Crippen molar-refractivity contribution in [1.29, 1.82) is 0 Å². The van der Waals surface area contributed by atoms with E-state index in [1.807, 2.05) is 12.5 Å². The van der Waals surface area contributed by atoms with Crippen molar-refractivity contribution in [1.82, 2.24) is 0 Å². The molecule has 1 amide bonds. The lowest BCUT2D eigenvalue weighted by molar-refractivity contribution is -0.137. The minimum atomic E-state index is -4.51. The molecule has 0 saturated heterocycles. The fraction of sp³-hybridized carbons (Fsp3) is 0.462. The monoisotopic (exact) mass is 423 g/mol. The molecule has 0 fully saturated rings. The molecule has 0 aliphatic heterocycles. The summed E-state index contributed by atoms with van der Waals surface area (Å²) in [5.74, 6) is -0.552. The first-order chi connectivity index (χ1) is 11.3. The van der Waals surface area contributed by atoms with Crippen molar-refractivity contribution in [2.24, 2.45) is 0 Å². The number of hydrogen-bond acceptors (Lipinski definition) is 5. The largest absolute Gasteiger partial charge is 0.726 e. The Morgan fingerprint density at radius 1 is 1.36 bits per heavy atom. The highest BCUT2D eigenvalue weighted by Gasteiger charge is 2.35. The van der Waals surface area contributed by atoms with Gasteiger partial charge < -0.3 is 9.87 Å². The van der Waals surface area contributed by atoms with Gasteiger partial charge in [0, 0.05) is 5.56 Å². The number of para-hydroxylation sites is 1. The predicted octanol–water partition coefficient (Wildman–Crippen LogP) is 2.35. The number of anilines is 1. The van der Waals surface area contributed by atoms with Crippen molar-refractivity contribution in [2.45, 2.75) is 11.9 Å². The molecule has 144 valence electrons. The van der Waals surface area contributed by atoms with Crippen LogP contribution in [0.15, 0.2) is 18.2 Å². The topological polar surface area (TPSA) is 95.5 Å². The lowest BCUT2D eigenvalue weighted by Crippen LogP contribution is -2.19. The van der Waals surface area contributed by atoms with E-state index in [1.54, 1.807) is 6.07 Å². The number of nitrogens with one attached hydrogen (secondary N) is 1. The summed E-state index contributed by atoms with van der Waals surface area (Å²) < 4.78 is 69.8. The highest BCUT2D eigenvalue weighted by molar-refractivity contribution is 7.94. The molecule has 1 N–H and O–H groups in total. The van der Waals surface area contributed by atoms with Crippen LogP contribution in [0.1, 0.15) is 11.1 Å². The molecule has 1 aromatic rings. The number of carbonyl (C=O) groups is 1. The Hall–Kier alpha value is -1.01. The summed E-state index contributed by atoms with van der Waals surface area (Å²) in [6.45, 7) is 0. The van der Waals surface area contributed by atoms with Crippen LogP contribution in [0.25, 0.3) is 0 Å². The van der Waals surface area contributed by atoms with E-state index in [0.717, 1.165) is 13.2 Å². The van der Waals surface area contributed by atoms with Crippen molar-refractivity contribution >= 4 is 44.5 Å². The third-order valence-electron chi connectivity index (χ3n) is 2.49. The van der Waals surface area contributed by atoms with Gasteiger partial charge in [-0.2, -0.15) is 13.2 Å². The maximum atomic E-state index is 12.9. The zero-order valence-electron chi connectivity index (χ0n) is 13.5. The first-order valence-corrected chi connectivity index (χ1v) is 10.5. The first-order valence-electron chi connectivity index (χ1n) is 6.42. The molecule has 25 heavy (non-hydrogen) atoms. The van der Waals surface area contributed by atoms with Gasteiger partial charge >= 0.3 is 6.18 Å². The summed E-state index contributed by atoms with van der Waals surface area (Å²) in [7, 11) is -3.68. The van der Waals surface area contributed by atoms with Crippen molar-refractivity contribution in [3.8, 4) is 0 Å². The lowest BCUT2D eigenvalue weighted by atomic mass is 10.1. The van der Waals surface area contributed by atoms with Crippen LogP contribution in [-0.2, 0) is 42.2 Å². The van der Waals surface area contributed by atoms with Gasteiger partial charge in [0.25, 0.3) is 0 Å². The van der Waals surface area contributed by atoms with E-state index in [0.29, 0.717) is 11.3 Å². The SMILES string of the molecule is COS(=O)(=O)[O-].C[S+](C)Cc1cccc(C(F)(F)F)c1NC(=O)CCl. The quantitative estimate of drug-likeness (QED) is 0.339. The molecule has 0 saturated carbocycles. The van der Waals surface area contributed by atoms with Crippen LogP contribution in [0.5, 0.6) is 0 Å². The van der Waals surface area contributed by atoms with Gasteiger partial charge in [-0.1, -0.05) is 12.1 Å². The molecule has 0 aliphatic carbocycles. The van der Waals surface area contributed by atoms with Gasteiger partial charge in [-0.05, 0) is 17.0 Å². The fourth-order valence-electron chi connectivity index (χ4n) is 1.59. The summed E-state index contributed by atoms with van der Waals surface area (Å²) in [4.78, 5) is 11.3. The van der Waals surface area contributed by atoms with E-state index in [2.05, 4.69) is 9.50 Å². The van der Waals surface area contributed by atoms with Gasteiger partial charge in [-0.3, -0.25) is 8.98 Å². The zero-order valence-corrected chi connectivity index (χ0v) is 15.9. The second-order valence-corrected chi connectivity index (χ2v) is 8.40. The average Bonchev–Trinajstić information content (AvgIpc) is 2.47. The smallest absolute Gasteiger partial charge is 0.418 e. The van der Waals surface area contributed by atoms with Gasteiger partial charge in [0.2, 0.25) is 16.3 Å². The van der Waals surface area contributed by atoms with Gasteiger partial charge in [0.05, 0.1) is 30.9 Å². The van der Waals surface area contributed by atoms with Crippen LogP contribution in [0.3, 0.4) is 0 Å². The number of rotatable bonds is 5. The molecule has 0 aromatic heterocycles. The lowest BCUT2D eigenvalue weighted by Gasteiger charge is -2.16. The minimum Gasteiger partial charge on any atom is -0.726 e. The fourth-order valence-corrected chi connectivity index (χ4v) is 2.52. The molecule has 0 aliphatic rings. The number of alkyl halides is 4. The van der Waals surface area contributed by atoms with Gasteiger partial charge in [0.15, 0.2) is 0 Å². The molecule has 0 unspecified atom stereocenters. The zero-order chi connectivity index (χ0) is 19.8. The maximum absolute atomic E-state index is 12.9. The average molecular weight is 424 g/mol. The molecule has 0 spiro atoms. The molecule has 12 heteroatoms. The predicted molar refractivity (Wildman–Crippen MR) is 90.4 cm³/mol. The Morgan fingerprint density at radius 2 is 1.88 bits per heavy atom. The number of amides is 1. The second kappa shape index (κ2) is 10.2. The van der Waals surface area contributed by atoms with Gasteiger partial charge in [0.1, 0.15) is 11.6 Å². The van der Waals surface area contributed by atoms with E-state index in [9.17, 15) is 30.9 Å². The summed E-state index contributed by atoms with van der Waals surface area (Å²) in [5, 5.41) is 2.25. The normalized spacial score (nSPS) is 11.7. The summed E-state index contributed by atoms with van der Waals surface area (Å²) in [6, 6.07) is 3.89. The van der Waals surface area contributed by atoms with Gasteiger partial charge in [-0.15, -0.1) is 11.6 Å². The van der Waals surface area contributed by atoms with Crippen molar-refractivity contribution < 1.29 is 35.1 Å². The third-order valence-corrected chi connectivity index (χ3v) is 4.03. The Labute approximate surface area is 152 Å². The molecule has 0 heterocycles. The van der Waals surface area contributed by atoms with Crippen LogP contribution in [0.2, 0.25) is 0 Å². The van der Waals surface area contributed by atoms with Crippen LogP contribution in [0, 0.1) is 0 Å². The minimum absolute atomic E-state index is 0.0803. The highest BCUT2D eigenvalue weighted by atomic mass is 35.5.